The zero-order valence-corrected chi connectivity index (χ0v) is 11.4. The van der Waals surface area contributed by atoms with E-state index in [1.165, 1.54) is 11.1 Å². The van der Waals surface area contributed by atoms with Gasteiger partial charge in [0.05, 0.1) is 5.60 Å². The molecule has 0 amide bonds. The van der Waals surface area contributed by atoms with E-state index in [4.69, 9.17) is 5.73 Å². The van der Waals surface area contributed by atoms with E-state index in [9.17, 15) is 5.11 Å². The Morgan fingerprint density at radius 1 is 1.39 bits per heavy atom. The van der Waals surface area contributed by atoms with E-state index in [1.54, 1.807) is 0 Å². The van der Waals surface area contributed by atoms with Crippen molar-refractivity contribution in [2.75, 3.05) is 19.6 Å². The van der Waals surface area contributed by atoms with Crippen molar-refractivity contribution in [3.8, 4) is 0 Å². The molecule has 1 aliphatic rings. The maximum Gasteiger partial charge on any atom is 0.0603 e. The van der Waals surface area contributed by atoms with Gasteiger partial charge in [0.25, 0.3) is 0 Å². The van der Waals surface area contributed by atoms with Crippen LogP contribution in [0.4, 0.5) is 0 Å². The number of nitrogens with zero attached hydrogens (tertiary/aromatic N) is 1. The van der Waals surface area contributed by atoms with Gasteiger partial charge in [0.1, 0.15) is 0 Å². The Hall–Kier alpha value is -0.900. The lowest BCUT2D eigenvalue weighted by molar-refractivity contribution is 0.0496. The third kappa shape index (κ3) is 3.10. The van der Waals surface area contributed by atoms with Crippen molar-refractivity contribution >= 4 is 0 Å². The Labute approximate surface area is 110 Å². The van der Waals surface area contributed by atoms with Crippen LogP contribution in [0.2, 0.25) is 0 Å². The predicted octanol–water partition coefficient (Wildman–Crippen LogP) is 1.71. The minimum Gasteiger partial charge on any atom is -0.390 e. The van der Waals surface area contributed by atoms with Crippen LogP contribution in [0.5, 0.6) is 0 Å². The Morgan fingerprint density at radius 3 is 2.78 bits per heavy atom. The minimum absolute atomic E-state index is 0.303. The predicted molar refractivity (Wildman–Crippen MR) is 74.4 cm³/mol. The summed E-state index contributed by atoms with van der Waals surface area (Å²) in [6.45, 7) is 6.31. The first-order valence-corrected chi connectivity index (χ1v) is 6.75. The number of hydrogen-bond donors (Lipinski definition) is 2. The van der Waals surface area contributed by atoms with Crippen molar-refractivity contribution in [1.29, 1.82) is 0 Å². The van der Waals surface area contributed by atoms with Crippen molar-refractivity contribution in [3.63, 3.8) is 0 Å². The Morgan fingerprint density at radius 2 is 2.11 bits per heavy atom. The first-order valence-electron chi connectivity index (χ1n) is 6.75. The Kier molecular flexibility index (Phi) is 4.05. The van der Waals surface area contributed by atoms with Crippen molar-refractivity contribution in [1.82, 2.24) is 4.90 Å². The standard InChI is InChI=1S/C15H24N2O/c1-15(2,18)8-10-17-9-7-12-5-3-4-6-13(12)14(17)11-16/h3-6,14,18H,7-11,16H2,1-2H3. The number of benzene rings is 1. The molecule has 3 nitrogen and oxygen atoms in total. The zero-order valence-electron chi connectivity index (χ0n) is 11.4. The van der Waals surface area contributed by atoms with Crippen LogP contribution in [-0.4, -0.2) is 35.2 Å². The van der Waals surface area contributed by atoms with Crippen LogP contribution in [0.25, 0.3) is 0 Å². The number of nitrogens with two attached hydrogens (primary N) is 1. The summed E-state index contributed by atoms with van der Waals surface area (Å²) in [6, 6.07) is 8.87. The van der Waals surface area contributed by atoms with Gasteiger partial charge < -0.3 is 10.8 Å². The largest absolute Gasteiger partial charge is 0.390 e. The summed E-state index contributed by atoms with van der Waals surface area (Å²) in [7, 11) is 0. The maximum absolute atomic E-state index is 9.84. The zero-order chi connectivity index (χ0) is 13.2. The van der Waals surface area contributed by atoms with Crippen LogP contribution >= 0.6 is 0 Å². The summed E-state index contributed by atoms with van der Waals surface area (Å²) < 4.78 is 0. The minimum atomic E-state index is -0.601. The highest BCUT2D eigenvalue weighted by Crippen LogP contribution is 2.29. The molecule has 100 valence electrons. The van der Waals surface area contributed by atoms with Crippen LogP contribution in [0.3, 0.4) is 0 Å². The molecule has 0 bridgehead atoms. The van der Waals surface area contributed by atoms with E-state index < -0.39 is 5.60 Å². The van der Waals surface area contributed by atoms with Gasteiger partial charge in [-0.1, -0.05) is 24.3 Å². The summed E-state index contributed by atoms with van der Waals surface area (Å²) in [5.74, 6) is 0. The summed E-state index contributed by atoms with van der Waals surface area (Å²) in [4.78, 5) is 2.40. The molecule has 0 radical (unpaired) electrons. The van der Waals surface area contributed by atoms with Crippen molar-refractivity contribution in [2.45, 2.75) is 38.3 Å². The highest BCUT2D eigenvalue weighted by Gasteiger charge is 2.27. The summed E-state index contributed by atoms with van der Waals surface area (Å²) >= 11 is 0. The summed E-state index contributed by atoms with van der Waals surface area (Å²) in [6.07, 6.45) is 1.87. The third-order valence-electron chi connectivity index (χ3n) is 3.76. The molecule has 1 heterocycles. The number of fused-ring (bicyclic) bond motifs is 1. The second kappa shape index (κ2) is 5.39. The lowest BCUT2D eigenvalue weighted by Gasteiger charge is -2.37. The van der Waals surface area contributed by atoms with E-state index >= 15 is 0 Å². The highest BCUT2D eigenvalue weighted by molar-refractivity contribution is 5.32. The smallest absolute Gasteiger partial charge is 0.0603 e. The van der Waals surface area contributed by atoms with Gasteiger partial charge in [0.15, 0.2) is 0 Å². The normalized spacial score (nSPS) is 20.8. The maximum atomic E-state index is 9.84. The molecule has 1 aromatic carbocycles. The molecular weight excluding hydrogens is 224 g/mol. The quantitative estimate of drug-likeness (QED) is 0.853. The molecule has 0 saturated carbocycles. The molecule has 1 aromatic rings. The molecular formula is C15H24N2O. The SMILES string of the molecule is CC(C)(O)CCN1CCc2ccccc2C1CN. The summed E-state index contributed by atoms with van der Waals surface area (Å²) in [5, 5.41) is 9.84. The van der Waals surface area contributed by atoms with Gasteiger partial charge >= 0.3 is 0 Å². The molecule has 0 fully saturated rings. The molecule has 0 aromatic heterocycles. The molecule has 0 saturated heterocycles. The lowest BCUT2D eigenvalue weighted by atomic mass is 9.92. The molecule has 18 heavy (non-hydrogen) atoms. The fraction of sp³-hybridized carbons (Fsp3) is 0.600. The van der Waals surface area contributed by atoms with Gasteiger partial charge in [-0.25, -0.2) is 0 Å². The number of rotatable bonds is 4. The average Bonchev–Trinajstić information content (AvgIpc) is 2.34. The van der Waals surface area contributed by atoms with Crippen LogP contribution in [0, 0.1) is 0 Å². The van der Waals surface area contributed by atoms with Gasteiger partial charge in [0.2, 0.25) is 0 Å². The second-order valence-electron chi connectivity index (χ2n) is 5.80. The Bertz CT molecular complexity index is 398. The average molecular weight is 248 g/mol. The molecule has 0 aliphatic carbocycles. The molecule has 3 heteroatoms. The molecule has 1 aliphatic heterocycles. The van der Waals surface area contributed by atoms with E-state index in [0.717, 1.165) is 25.9 Å². The van der Waals surface area contributed by atoms with Crippen molar-refractivity contribution in [3.05, 3.63) is 35.4 Å². The van der Waals surface area contributed by atoms with Crippen LogP contribution in [-0.2, 0) is 6.42 Å². The first-order chi connectivity index (χ1) is 8.51. The Balaban J connectivity index is 2.11. The number of hydrogen-bond acceptors (Lipinski definition) is 3. The van der Waals surface area contributed by atoms with Gasteiger partial charge in [0, 0.05) is 25.7 Å². The fourth-order valence-electron chi connectivity index (χ4n) is 2.66. The van der Waals surface area contributed by atoms with Gasteiger partial charge in [-0.15, -0.1) is 0 Å². The molecule has 3 N–H and O–H groups in total. The molecule has 2 rings (SSSR count). The first kappa shape index (κ1) is 13.5. The van der Waals surface area contributed by atoms with E-state index in [-0.39, 0.29) is 0 Å². The van der Waals surface area contributed by atoms with Crippen molar-refractivity contribution < 1.29 is 5.11 Å². The van der Waals surface area contributed by atoms with Gasteiger partial charge in [-0.05, 0) is 37.8 Å². The molecule has 1 atom stereocenters. The summed E-state index contributed by atoms with van der Waals surface area (Å²) in [5.41, 5.74) is 8.13. The van der Waals surface area contributed by atoms with E-state index in [2.05, 4.69) is 29.2 Å². The second-order valence-corrected chi connectivity index (χ2v) is 5.80. The van der Waals surface area contributed by atoms with Crippen LogP contribution in [0.1, 0.15) is 37.4 Å². The monoisotopic (exact) mass is 248 g/mol. The van der Waals surface area contributed by atoms with E-state index in [0.29, 0.717) is 12.6 Å². The topological polar surface area (TPSA) is 49.5 Å². The van der Waals surface area contributed by atoms with Gasteiger partial charge in [-0.3, -0.25) is 4.90 Å². The van der Waals surface area contributed by atoms with Crippen LogP contribution in [0.15, 0.2) is 24.3 Å². The highest BCUT2D eigenvalue weighted by atomic mass is 16.3. The van der Waals surface area contributed by atoms with Crippen LogP contribution < -0.4 is 5.73 Å². The number of aliphatic hydroxyl groups is 1. The molecule has 1 unspecified atom stereocenters. The lowest BCUT2D eigenvalue weighted by Crippen LogP contribution is -2.41. The third-order valence-corrected chi connectivity index (χ3v) is 3.76. The van der Waals surface area contributed by atoms with Crippen molar-refractivity contribution in [2.24, 2.45) is 5.73 Å². The fourth-order valence-corrected chi connectivity index (χ4v) is 2.66. The van der Waals surface area contributed by atoms with Gasteiger partial charge in [-0.2, -0.15) is 0 Å². The molecule has 0 spiro atoms. The van der Waals surface area contributed by atoms with E-state index in [1.807, 2.05) is 13.8 Å².